The number of alkyl carbamates (subject to hydrolysis) is 1. The third-order valence-electron chi connectivity index (χ3n) is 5.80. The van der Waals surface area contributed by atoms with Gasteiger partial charge in [-0.25, -0.2) is 14.6 Å². The third-order valence-corrected chi connectivity index (χ3v) is 6.53. The summed E-state index contributed by atoms with van der Waals surface area (Å²) in [5, 5.41) is 11.8. The lowest BCUT2D eigenvalue weighted by Gasteiger charge is -2.29. The molecule has 0 radical (unpaired) electrons. The first-order chi connectivity index (χ1) is 19.3. The second-order valence-corrected chi connectivity index (χ2v) is 11.7. The lowest BCUT2D eigenvalue weighted by Crippen LogP contribution is -2.59. The van der Waals surface area contributed by atoms with E-state index in [2.05, 4.69) is 20.9 Å². The van der Waals surface area contributed by atoms with Gasteiger partial charge in [-0.1, -0.05) is 30.3 Å². The zero-order valence-corrected chi connectivity index (χ0v) is 24.9. The van der Waals surface area contributed by atoms with Crippen LogP contribution in [0.15, 0.2) is 59.7 Å². The Morgan fingerprint density at radius 1 is 1.05 bits per heavy atom. The molecule has 3 rings (SSSR count). The minimum absolute atomic E-state index is 0.191. The Labute approximate surface area is 243 Å². The summed E-state index contributed by atoms with van der Waals surface area (Å²) >= 11 is 1.47. The molecule has 0 saturated carbocycles. The fourth-order valence-electron chi connectivity index (χ4n) is 3.85. The van der Waals surface area contributed by atoms with Crippen molar-refractivity contribution in [3.63, 3.8) is 0 Å². The lowest BCUT2D eigenvalue weighted by atomic mass is 10.0. The average molecular weight is 584 g/mol. The maximum atomic E-state index is 13.4. The molecule has 3 aromatic rings. The lowest BCUT2D eigenvalue weighted by molar-refractivity contribution is -0.145. The molecule has 2 unspecified atom stereocenters. The van der Waals surface area contributed by atoms with Gasteiger partial charge in [0.25, 0.3) is 0 Å². The van der Waals surface area contributed by atoms with E-state index >= 15 is 0 Å². The Bertz CT molecular complexity index is 1330. The SMILES string of the molecule is CCOC(=O)C(c1ccccc1)n1cnc(NC(=O)C(Cc2ccsc2)NC(=O)C(C)(C)NC(=O)OC(C)(C)C)c1. The van der Waals surface area contributed by atoms with E-state index in [0.717, 1.165) is 5.56 Å². The molecule has 12 heteroatoms. The van der Waals surface area contributed by atoms with Crippen molar-refractivity contribution in [2.24, 2.45) is 0 Å². The maximum Gasteiger partial charge on any atom is 0.408 e. The molecule has 11 nitrogen and oxygen atoms in total. The zero-order valence-electron chi connectivity index (χ0n) is 24.1. The van der Waals surface area contributed by atoms with Crippen LogP contribution in [0.4, 0.5) is 10.6 Å². The molecule has 0 aliphatic carbocycles. The van der Waals surface area contributed by atoms with Gasteiger partial charge < -0.3 is 30.0 Å². The smallest absolute Gasteiger partial charge is 0.408 e. The summed E-state index contributed by atoms with van der Waals surface area (Å²) in [4.78, 5) is 56.0. The van der Waals surface area contributed by atoms with E-state index in [-0.39, 0.29) is 18.8 Å². The Hall–Kier alpha value is -4.19. The van der Waals surface area contributed by atoms with Gasteiger partial charge in [-0.3, -0.25) is 9.59 Å². The predicted octanol–water partition coefficient (Wildman–Crippen LogP) is 4.07. The highest BCUT2D eigenvalue weighted by atomic mass is 32.1. The van der Waals surface area contributed by atoms with Crippen LogP contribution in [0.3, 0.4) is 0 Å². The molecule has 2 heterocycles. The number of imidazole rings is 1. The Balaban J connectivity index is 1.78. The molecule has 0 fully saturated rings. The zero-order chi connectivity index (χ0) is 30.2. The van der Waals surface area contributed by atoms with Gasteiger partial charge >= 0.3 is 12.1 Å². The summed E-state index contributed by atoms with van der Waals surface area (Å²) < 4.78 is 12.1. The number of hydrogen-bond donors (Lipinski definition) is 3. The normalized spacial score (nSPS) is 13.0. The van der Waals surface area contributed by atoms with Crippen LogP contribution in [0.2, 0.25) is 0 Å². The second kappa shape index (κ2) is 13.4. The first kappa shape index (κ1) is 31.3. The van der Waals surface area contributed by atoms with E-state index in [0.29, 0.717) is 5.56 Å². The summed E-state index contributed by atoms with van der Waals surface area (Å²) in [7, 11) is 0. The van der Waals surface area contributed by atoms with Gasteiger partial charge in [0.15, 0.2) is 11.9 Å². The van der Waals surface area contributed by atoms with Crippen LogP contribution in [-0.4, -0.2) is 57.2 Å². The molecular weight excluding hydrogens is 546 g/mol. The fourth-order valence-corrected chi connectivity index (χ4v) is 4.53. The monoisotopic (exact) mass is 583 g/mol. The number of nitrogens with zero attached hydrogens (tertiary/aromatic N) is 2. The molecule has 0 aliphatic rings. The van der Waals surface area contributed by atoms with E-state index in [1.54, 1.807) is 44.4 Å². The minimum Gasteiger partial charge on any atom is -0.464 e. The van der Waals surface area contributed by atoms with Crippen molar-refractivity contribution >= 4 is 41.0 Å². The molecule has 2 aromatic heterocycles. The molecule has 0 aliphatic heterocycles. The van der Waals surface area contributed by atoms with E-state index in [1.165, 1.54) is 37.7 Å². The first-order valence-electron chi connectivity index (χ1n) is 13.2. The van der Waals surface area contributed by atoms with Gasteiger partial charge in [0.05, 0.1) is 12.9 Å². The van der Waals surface area contributed by atoms with Crippen LogP contribution in [-0.2, 0) is 30.3 Å². The van der Waals surface area contributed by atoms with E-state index < -0.39 is 47.1 Å². The molecule has 3 N–H and O–H groups in total. The number of rotatable bonds is 11. The largest absolute Gasteiger partial charge is 0.464 e. The van der Waals surface area contributed by atoms with E-state index in [9.17, 15) is 19.2 Å². The number of nitrogens with one attached hydrogen (secondary N) is 3. The van der Waals surface area contributed by atoms with Crippen LogP contribution in [0.1, 0.15) is 58.7 Å². The number of hydrogen-bond acceptors (Lipinski definition) is 8. The summed E-state index contributed by atoms with van der Waals surface area (Å²) in [6.45, 7) is 10.1. The summed E-state index contributed by atoms with van der Waals surface area (Å²) in [6, 6.07) is 9.17. The molecule has 0 saturated heterocycles. The Morgan fingerprint density at radius 2 is 1.76 bits per heavy atom. The quantitative estimate of drug-likeness (QED) is 0.289. The van der Waals surface area contributed by atoms with Crippen molar-refractivity contribution < 1.29 is 28.7 Å². The summed E-state index contributed by atoms with van der Waals surface area (Å²) in [6.07, 6.45) is 2.42. The number of ether oxygens (including phenoxy) is 2. The van der Waals surface area contributed by atoms with Gasteiger partial charge in [0, 0.05) is 12.6 Å². The van der Waals surface area contributed by atoms with Crippen molar-refractivity contribution in [1.29, 1.82) is 0 Å². The summed E-state index contributed by atoms with van der Waals surface area (Å²) in [5.41, 5.74) is -0.567. The molecule has 220 valence electrons. The van der Waals surface area contributed by atoms with E-state index in [1.807, 2.05) is 35.0 Å². The van der Waals surface area contributed by atoms with Crippen molar-refractivity contribution in [1.82, 2.24) is 20.2 Å². The van der Waals surface area contributed by atoms with Gasteiger partial charge in [0.2, 0.25) is 11.8 Å². The number of carbonyl (C=O) groups excluding carboxylic acids is 4. The first-order valence-corrected chi connectivity index (χ1v) is 14.1. The van der Waals surface area contributed by atoms with Gasteiger partial charge in [-0.05, 0) is 69.5 Å². The number of aromatic nitrogens is 2. The Kier molecular flexibility index (Phi) is 10.3. The molecule has 41 heavy (non-hydrogen) atoms. The van der Waals surface area contributed by atoms with Crippen molar-refractivity contribution in [3.8, 4) is 0 Å². The highest BCUT2D eigenvalue weighted by Crippen LogP contribution is 2.22. The van der Waals surface area contributed by atoms with Crippen molar-refractivity contribution in [3.05, 3.63) is 70.8 Å². The minimum atomic E-state index is -1.38. The highest BCUT2D eigenvalue weighted by molar-refractivity contribution is 7.07. The topological polar surface area (TPSA) is 141 Å². The average Bonchev–Trinajstić information content (AvgIpc) is 3.55. The highest BCUT2D eigenvalue weighted by Gasteiger charge is 2.35. The molecular formula is C29H37N5O6S. The van der Waals surface area contributed by atoms with Crippen LogP contribution in [0.5, 0.6) is 0 Å². The number of thiophene rings is 1. The standard InChI is InChI=1S/C29H37N5O6S/c1-7-39-25(36)23(20-11-9-8-10-12-20)34-16-22(30-18-34)32-24(35)21(15-19-13-14-41-17-19)31-26(37)29(5,6)33-27(38)40-28(2,3)4/h8-14,16-18,21,23H,7,15H2,1-6H3,(H,31,37)(H,32,35)(H,33,38). The number of benzene rings is 1. The summed E-state index contributed by atoms with van der Waals surface area (Å²) in [5.74, 6) is -1.36. The predicted molar refractivity (Wildman–Crippen MR) is 155 cm³/mol. The van der Waals surface area contributed by atoms with Crippen molar-refractivity contribution in [2.75, 3.05) is 11.9 Å². The van der Waals surface area contributed by atoms with Gasteiger partial charge in [-0.15, -0.1) is 0 Å². The van der Waals surface area contributed by atoms with E-state index in [4.69, 9.17) is 9.47 Å². The van der Waals surface area contributed by atoms with Crippen LogP contribution >= 0.6 is 11.3 Å². The number of amides is 3. The van der Waals surface area contributed by atoms with Crippen molar-refractivity contribution in [2.45, 2.75) is 71.2 Å². The molecule has 2 atom stereocenters. The maximum absolute atomic E-state index is 13.4. The molecule has 3 amide bonds. The van der Waals surface area contributed by atoms with Crippen LogP contribution in [0, 0.1) is 0 Å². The Morgan fingerprint density at radius 3 is 2.37 bits per heavy atom. The van der Waals surface area contributed by atoms with Gasteiger partial charge in [-0.2, -0.15) is 11.3 Å². The van der Waals surface area contributed by atoms with Crippen LogP contribution < -0.4 is 16.0 Å². The molecule has 1 aromatic carbocycles. The molecule has 0 spiro atoms. The molecule has 0 bridgehead atoms. The van der Waals surface area contributed by atoms with Gasteiger partial charge in [0.1, 0.15) is 17.2 Å². The number of anilines is 1. The number of carbonyl (C=O) groups is 4. The second-order valence-electron chi connectivity index (χ2n) is 10.9. The number of esters is 1. The fraction of sp³-hybridized carbons (Fsp3) is 0.414. The van der Waals surface area contributed by atoms with Crippen LogP contribution in [0.25, 0.3) is 0 Å². The third kappa shape index (κ3) is 9.17.